The van der Waals surface area contributed by atoms with E-state index in [1.807, 2.05) is 18.2 Å². The number of benzene rings is 1. The lowest BCUT2D eigenvalue weighted by Crippen LogP contribution is -2.29. The maximum absolute atomic E-state index is 12.0. The third-order valence-corrected chi connectivity index (χ3v) is 4.95. The zero-order chi connectivity index (χ0) is 16.0. The first kappa shape index (κ1) is 16.6. The molecule has 0 aliphatic heterocycles. The second-order valence-electron chi connectivity index (χ2n) is 5.46. The normalized spacial score (nSPS) is 11.5. The zero-order valence-electron chi connectivity index (χ0n) is 13.0. The van der Waals surface area contributed by atoms with Crippen molar-refractivity contribution in [3.8, 4) is 0 Å². The van der Waals surface area contributed by atoms with E-state index in [0.29, 0.717) is 19.4 Å². The van der Waals surface area contributed by atoms with Crippen LogP contribution in [0.5, 0.6) is 0 Å². The maximum atomic E-state index is 12.0. The van der Waals surface area contributed by atoms with E-state index in [4.69, 9.17) is 0 Å². The molecule has 0 saturated carbocycles. The summed E-state index contributed by atoms with van der Waals surface area (Å²) in [5.74, 6) is 0.0664. The maximum Gasteiger partial charge on any atom is 0.211 e. The van der Waals surface area contributed by atoms with Crippen molar-refractivity contribution >= 4 is 10.0 Å². The lowest BCUT2D eigenvalue weighted by Gasteiger charge is -2.09. The van der Waals surface area contributed by atoms with Crippen molar-refractivity contribution in [1.29, 1.82) is 0 Å². The Morgan fingerprint density at radius 1 is 1.09 bits per heavy atom. The molecule has 0 aliphatic rings. The molecule has 22 heavy (non-hydrogen) atoms. The number of rotatable bonds is 7. The van der Waals surface area contributed by atoms with Crippen LogP contribution in [0, 0.1) is 13.8 Å². The van der Waals surface area contributed by atoms with E-state index >= 15 is 0 Å². The quantitative estimate of drug-likeness (QED) is 0.853. The summed E-state index contributed by atoms with van der Waals surface area (Å²) in [6.45, 7) is 4.53. The number of hydrogen-bond donors (Lipinski definition) is 1. The SMILES string of the molecule is Cc1ccc(CCNS(=O)(=O)CCc2ccccn2)c(C)c1. The number of sulfonamides is 1. The molecule has 2 aromatic rings. The topological polar surface area (TPSA) is 59.1 Å². The molecule has 118 valence electrons. The predicted molar refractivity (Wildman–Crippen MR) is 89.4 cm³/mol. The molecule has 1 N–H and O–H groups in total. The fraction of sp³-hybridized carbons (Fsp3) is 0.353. The van der Waals surface area contributed by atoms with Gasteiger partial charge in [-0.25, -0.2) is 13.1 Å². The Labute approximate surface area is 132 Å². The van der Waals surface area contributed by atoms with E-state index in [2.05, 4.69) is 41.8 Å². The number of pyridine rings is 1. The first-order valence-corrected chi connectivity index (χ1v) is 9.05. The van der Waals surface area contributed by atoms with Crippen LogP contribution >= 0.6 is 0 Å². The minimum Gasteiger partial charge on any atom is -0.261 e. The first-order chi connectivity index (χ1) is 10.5. The summed E-state index contributed by atoms with van der Waals surface area (Å²) in [5, 5.41) is 0. The molecule has 0 atom stereocenters. The minimum atomic E-state index is -3.26. The Kier molecular flexibility index (Phi) is 5.69. The molecular weight excluding hydrogens is 296 g/mol. The molecule has 0 bridgehead atoms. The van der Waals surface area contributed by atoms with Crippen molar-refractivity contribution in [3.63, 3.8) is 0 Å². The molecular formula is C17H22N2O2S. The number of aryl methyl sites for hydroxylation is 3. The molecule has 5 heteroatoms. The van der Waals surface area contributed by atoms with E-state index in [0.717, 1.165) is 5.69 Å². The lowest BCUT2D eigenvalue weighted by atomic mass is 10.0. The standard InChI is InChI=1S/C17H22N2O2S/c1-14-6-7-16(15(2)13-14)8-11-19-22(20,21)12-9-17-5-3-4-10-18-17/h3-7,10,13,19H,8-9,11-12H2,1-2H3. The number of aromatic nitrogens is 1. The third kappa shape index (κ3) is 5.24. The second-order valence-corrected chi connectivity index (χ2v) is 7.39. The van der Waals surface area contributed by atoms with Gasteiger partial charge in [-0.3, -0.25) is 4.98 Å². The third-order valence-electron chi connectivity index (χ3n) is 3.57. The van der Waals surface area contributed by atoms with E-state index < -0.39 is 10.0 Å². The van der Waals surface area contributed by atoms with Gasteiger partial charge < -0.3 is 0 Å². The minimum absolute atomic E-state index is 0.0664. The summed E-state index contributed by atoms with van der Waals surface area (Å²) >= 11 is 0. The van der Waals surface area contributed by atoms with Gasteiger partial charge in [-0.1, -0.05) is 29.8 Å². The van der Waals surface area contributed by atoms with Gasteiger partial charge in [0, 0.05) is 24.9 Å². The summed E-state index contributed by atoms with van der Waals surface area (Å²) in [5.41, 5.74) is 4.39. The fourth-order valence-corrected chi connectivity index (χ4v) is 3.36. The molecule has 0 fully saturated rings. The molecule has 0 amide bonds. The first-order valence-electron chi connectivity index (χ1n) is 7.40. The molecule has 1 aromatic heterocycles. The number of hydrogen-bond acceptors (Lipinski definition) is 3. The summed E-state index contributed by atoms with van der Waals surface area (Å²) in [4.78, 5) is 4.14. The van der Waals surface area contributed by atoms with Crippen LogP contribution in [0.15, 0.2) is 42.6 Å². The van der Waals surface area contributed by atoms with Gasteiger partial charge in [0.25, 0.3) is 0 Å². The van der Waals surface area contributed by atoms with Crippen LogP contribution in [0.25, 0.3) is 0 Å². The summed E-state index contributed by atoms with van der Waals surface area (Å²) in [6, 6.07) is 11.8. The Balaban J connectivity index is 1.82. The highest BCUT2D eigenvalue weighted by Gasteiger charge is 2.10. The van der Waals surface area contributed by atoms with E-state index in [9.17, 15) is 8.42 Å². The lowest BCUT2D eigenvalue weighted by molar-refractivity contribution is 0.580. The zero-order valence-corrected chi connectivity index (χ0v) is 13.9. The summed E-state index contributed by atoms with van der Waals surface area (Å²) < 4.78 is 26.7. The largest absolute Gasteiger partial charge is 0.261 e. The van der Waals surface area contributed by atoms with E-state index in [-0.39, 0.29) is 5.75 Å². The van der Waals surface area contributed by atoms with E-state index in [1.165, 1.54) is 16.7 Å². The Bertz CT molecular complexity index is 713. The average molecular weight is 318 g/mol. The Morgan fingerprint density at radius 2 is 1.91 bits per heavy atom. The molecule has 4 nitrogen and oxygen atoms in total. The van der Waals surface area contributed by atoms with Crippen LogP contribution < -0.4 is 4.72 Å². The van der Waals surface area contributed by atoms with Gasteiger partial charge in [-0.05, 0) is 43.5 Å². The van der Waals surface area contributed by atoms with Crippen molar-refractivity contribution in [2.45, 2.75) is 26.7 Å². The van der Waals surface area contributed by atoms with Crippen molar-refractivity contribution < 1.29 is 8.42 Å². The molecule has 0 aliphatic carbocycles. The van der Waals surface area contributed by atoms with Gasteiger partial charge in [-0.2, -0.15) is 0 Å². The molecule has 1 heterocycles. The fourth-order valence-electron chi connectivity index (χ4n) is 2.32. The highest BCUT2D eigenvalue weighted by Crippen LogP contribution is 2.10. The van der Waals surface area contributed by atoms with Gasteiger partial charge in [0.2, 0.25) is 10.0 Å². The number of nitrogens with one attached hydrogen (secondary N) is 1. The van der Waals surface area contributed by atoms with Crippen LogP contribution in [0.4, 0.5) is 0 Å². The molecule has 0 radical (unpaired) electrons. The smallest absolute Gasteiger partial charge is 0.211 e. The van der Waals surface area contributed by atoms with Crippen LogP contribution in [0.2, 0.25) is 0 Å². The summed E-state index contributed by atoms with van der Waals surface area (Å²) in [7, 11) is -3.26. The monoisotopic (exact) mass is 318 g/mol. The van der Waals surface area contributed by atoms with Gasteiger partial charge in [0.05, 0.1) is 5.75 Å². The number of nitrogens with zero attached hydrogens (tertiary/aromatic N) is 1. The molecule has 0 unspecified atom stereocenters. The van der Waals surface area contributed by atoms with E-state index in [1.54, 1.807) is 6.20 Å². The van der Waals surface area contributed by atoms with Gasteiger partial charge in [0.1, 0.15) is 0 Å². The highest BCUT2D eigenvalue weighted by atomic mass is 32.2. The molecule has 1 aromatic carbocycles. The van der Waals surface area contributed by atoms with Crippen LogP contribution in [-0.2, 0) is 22.9 Å². The van der Waals surface area contributed by atoms with Crippen molar-refractivity contribution in [3.05, 3.63) is 65.0 Å². The van der Waals surface area contributed by atoms with Crippen molar-refractivity contribution in [1.82, 2.24) is 9.71 Å². The van der Waals surface area contributed by atoms with Gasteiger partial charge in [-0.15, -0.1) is 0 Å². The predicted octanol–water partition coefficient (Wildman–Crippen LogP) is 2.40. The van der Waals surface area contributed by atoms with Crippen LogP contribution in [0.3, 0.4) is 0 Å². The summed E-state index contributed by atoms with van der Waals surface area (Å²) in [6.07, 6.45) is 2.81. The molecule has 2 rings (SSSR count). The van der Waals surface area contributed by atoms with Crippen molar-refractivity contribution in [2.75, 3.05) is 12.3 Å². The molecule has 0 spiro atoms. The van der Waals surface area contributed by atoms with Crippen molar-refractivity contribution in [2.24, 2.45) is 0 Å². The Hall–Kier alpha value is -1.72. The molecule has 0 saturated heterocycles. The average Bonchev–Trinajstić information content (AvgIpc) is 2.49. The Morgan fingerprint density at radius 3 is 2.59 bits per heavy atom. The van der Waals surface area contributed by atoms with Gasteiger partial charge >= 0.3 is 0 Å². The van der Waals surface area contributed by atoms with Crippen LogP contribution in [0.1, 0.15) is 22.4 Å². The highest BCUT2D eigenvalue weighted by molar-refractivity contribution is 7.89. The second kappa shape index (κ2) is 7.51. The van der Waals surface area contributed by atoms with Gasteiger partial charge in [0.15, 0.2) is 0 Å². The van der Waals surface area contributed by atoms with Crippen LogP contribution in [-0.4, -0.2) is 25.7 Å².